The fourth-order valence-electron chi connectivity index (χ4n) is 1.67. The number of H-pyrrole nitrogens is 1. The lowest BCUT2D eigenvalue weighted by Crippen LogP contribution is -2.08. The van der Waals surface area contributed by atoms with Gasteiger partial charge in [0.25, 0.3) is 0 Å². The fourth-order valence-corrected chi connectivity index (χ4v) is 1.67. The van der Waals surface area contributed by atoms with Gasteiger partial charge in [0.15, 0.2) is 0 Å². The van der Waals surface area contributed by atoms with Gasteiger partial charge in [-0.3, -0.25) is 5.10 Å². The zero-order chi connectivity index (χ0) is 7.68. The number of aryl methyl sites for hydroxylation is 1. The zero-order valence-corrected chi connectivity index (χ0v) is 6.72. The molecule has 3 nitrogen and oxygen atoms in total. The number of hydrogen-bond acceptors (Lipinski definition) is 2. The van der Waals surface area contributed by atoms with Crippen LogP contribution in [0.4, 0.5) is 0 Å². The molecule has 11 heavy (non-hydrogen) atoms. The van der Waals surface area contributed by atoms with E-state index >= 15 is 0 Å². The third-order valence-electron chi connectivity index (χ3n) is 2.34. The van der Waals surface area contributed by atoms with Crippen LogP contribution in [0.15, 0.2) is 6.20 Å². The molecule has 1 aliphatic heterocycles. The Kier molecular flexibility index (Phi) is 1.66. The Hall–Kier alpha value is -0.830. The summed E-state index contributed by atoms with van der Waals surface area (Å²) < 4.78 is 0. The Labute approximate surface area is 66.2 Å². The van der Waals surface area contributed by atoms with E-state index in [1.165, 1.54) is 17.7 Å². The van der Waals surface area contributed by atoms with Crippen LogP contribution in [0, 0.1) is 6.92 Å². The lowest BCUT2D eigenvalue weighted by molar-refractivity contribution is 0.724. The van der Waals surface area contributed by atoms with Gasteiger partial charge in [-0.1, -0.05) is 0 Å². The molecule has 1 fully saturated rings. The summed E-state index contributed by atoms with van der Waals surface area (Å²) in [7, 11) is 0. The van der Waals surface area contributed by atoms with Gasteiger partial charge in [-0.2, -0.15) is 5.10 Å². The molecule has 0 unspecified atom stereocenters. The van der Waals surface area contributed by atoms with E-state index < -0.39 is 0 Å². The molecule has 2 rings (SSSR count). The molecule has 3 heteroatoms. The van der Waals surface area contributed by atoms with Crippen molar-refractivity contribution < 1.29 is 0 Å². The van der Waals surface area contributed by atoms with Crippen LogP contribution < -0.4 is 5.32 Å². The molecule has 0 saturated carbocycles. The van der Waals surface area contributed by atoms with E-state index in [0.29, 0.717) is 5.92 Å². The molecule has 0 aliphatic carbocycles. The summed E-state index contributed by atoms with van der Waals surface area (Å²) >= 11 is 0. The van der Waals surface area contributed by atoms with E-state index in [1.807, 2.05) is 6.20 Å². The summed E-state index contributed by atoms with van der Waals surface area (Å²) in [4.78, 5) is 0. The van der Waals surface area contributed by atoms with Crippen molar-refractivity contribution in [3.05, 3.63) is 17.5 Å². The molecule has 1 aliphatic rings. The number of rotatable bonds is 1. The topological polar surface area (TPSA) is 40.7 Å². The first-order valence-electron chi connectivity index (χ1n) is 4.08. The van der Waals surface area contributed by atoms with E-state index in [1.54, 1.807) is 0 Å². The van der Waals surface area contributed by atoms with E-state index in [9.17, 15) is 0 Å². The summed E-state index contributed by atoms with van der Waals surface area (Å²) in [5, 5.41) is 10.4. The third-order valence-corrected chi connectivity index (χ3v) is 2.34. The summed E-state index contributed by atoms with van der Waals surface area (Å²) in [5.41, 5.74) is 2.61. The maximum absolute atomic E-state index is 4.01. The lowest BCUT2D eigenvalue weighted by Gasteiger charge is -2.05. The zero-order valence-electron chi connectivity index (χ0n) is 6.72. The Morgan fingerprint density at radius 1 is 1.64 bits per heavy atom. The molecule has 0 spiro atoms. The molecule has 2 N–H and O–H groups in total. The van der Waals surface area contributed by atoms with Crippen molar-refractivity contribution in [2.45, 2.75) is 19.3 Å². The maximum Gasteiger partial charge on any atom is 0.0519 e. The van der Waals surface area contributed by atoms with Crippen molar-refractivity contribution in [2.24, 2.45) is 0 Å². The van der Waals surface area contributed by atoms with Crippen LogP contribution in [0.3, 0.4) is 0 Å². The first kappa shape index (κ1) is 6.85. The molecule has 0 radical (unpaired) electrons. The van der Waals surface area contributed by atoms with Gasteiger partial charge in [-0.25, -0.2) is 0 Å². The summed E-state index contributed by atoms with van der Waals surface area (Å²) in [6.07, 6.45) is 3.14. The van der Waals surface area contributed by atoms with Crippen molar-refractivity contribution in [1.82, 2.24) is 15.5 Å². The number of aromatic amines is 1. The molecule has 2 heterocycles. The minimum Gasteiger partial charge on any atom is -0.316 e. The van der Waals surface area contributed by atoms with Gasteiger partial charge in [-0.15, -0.1) is 0 Å². The molecule has 1 atom stereocenters. The van der Waals surface area contributed by atoms with Crippen LogP contribution in [0.2, 0.25) is 0 Å². The van der Waals surface area contributed by atoms with E-state index in [-0.39, 0.29) is 0 Å². The molecular formula is C8H13N3. The average Bonchev–Trinajstić information content (AvgIpc) is 2.55. The molecule has 0 aromatic carbocycles. The van der Waals surface area contributed by atoms with E-state index in [0.717, 1.165) is 13.1 Å². The second-order valence-corrected chi connectivity index (χ2v) is 3.16. The highest BCUT2D eigenvalue weighted by Crippen LogP contribution is 2.22. The third kappa shape index (κ3) is 1.16. The van der Waals surface area contributed by atoms with Crippen molar-refractivity contribution in [1.29, 1.82) is 0 Å². The van der Waals surface area contributed by atoms with Crippen molar-refractivity contribution >= 4 is 0 Å². The summed E-state index contributed by atoms with van der Waals surface area (Å²) in [5.74, 6) is 0.664. The standard InChI is InChI=1S/C8H13N3/c1-6-4-10-11-8(6)7-2-3-9-5-7/h4,7,9H,2-3,5H2,1H3,(H,10,11)/t7-/m0/s1. The largest absolute Gasteiger partial charge is 0.316 e. The fraction of sp³-hybridized carbons (Fsp3) is 0.625. The predicted octanol–water partition coefficient (Wildman–Crippen LogP) is 0.795. The minimum atomic E-state index is 0.664. The molecule has 0 amide bonds. The second kappa shape index (κ2) is 2.66. The number of aromatic nitrogens is 2. The molecule has 1 saturated heterocycles. The number of nitrogens with zero attached hydrogens (tertiary/aromatic N) is 1. The number of hydrogen-bond donors (Lipinski definition) is 2. The van der Waals surface area contributed by atoms with Gasteiger partial charge in [0.05, 0.1) is 6.20 Å². The lowest BCUT2D eigenvalue weighted by atomic mass is 10.0. The summed E-state index contributed by atoms with van der Waals surface area (Å²) in [6, 6.07) is 0. The van der Waals surface area contributed by atoms with Gasteiger partial charge in [0.1, 0.15) is 0 Å². The van der Waals surface area contributed by atoms with Gasteiger partial charge in [0, 0.05) is 18.2 Å². The highest BCUT2D eigenvalue weighted by Gasteiger charge is 2.19. The Balaban J connectivity index is 2.21. The molecular weight excluding hydrogens is 138 g/mol. The first-order valence-corrected chi connectivity index (χ1v) is 4.08. The summed E-state index contributed by atoms with van der Waals surface area (Å²) in [6.45, 7) is 4.35. The quantitative estimate of drug-likeness (QED) is 0.623. The van der Waals surface area contributed by atoms with E-state index in [2.05, 4.69) is 22.4 Å². The van der Waals surface area contributed by atoms with Crippen molar-refractivity contribution in [3.63, 3.8) is 0 Å². The van der Waals surface area contributed by atoms with Crippen LogP contribution in [0.25, 0.3) is 0 Å². The first-order chi connectivity index (χ1) is 5.38. The van der Waals surface area contributed by atoms with Crippen LogP contribution in [-0.2, 0) is 0 Å². The Morgan fingerprint density at radius 3 is 3.09 bits per heavy atom. The molecule has 1 aromatic rings. The van der Waals surface area contributed by atoms with Crippen molar-refractivity contribution in [2.75, 3.05) is 13.1 Å². The highest BCUT2D eigenvalue weighted by atomic mass is 15.1. The monoisotopic (exact) mass is 151 g/mol. The maximum atomic E-state index is 4.01. The number of nitrogens with one attached hydrogen (secondary N) is 2. The molecule has 0 bridgehead atoms. The Morgan fingerprint density at radius 2 is 2.55 bits per heavy atom. The van der Waals surface area contributed by atoms with Crippen LogP contribution >= 0.6 is 0 Å². The Bertz CT molecular complexity index is 235. The second-order valence-electron chi connectivity index (χ2n) is 3.16. The van der Waals surface area contributed by atoms with Crippen LogP contribution in [0.5, 0.6) is 0 Å². The van der Waals surface area contributed by atoms with Crippen molar-refractivity contribution in [3.8, 4) is 0 Å². The van der Waals surface area contributed by atoms with Gasteiger partial charge in [-0.05, 0) is 25.5 Å². The molecule has 1 aromatic heterocycles. The van der Waals surface area contributed by atoms with Gasteiger partial charge in [0.2, 0.25) is 0 Å². The normalized spacial score (nSPS) is 24.3. The predicted molar refractivity (Wildman–Crippen MR) is 43.6 cm³/mol. The van der Waals surface area contributed by atoms with E-state index in [4.69, 9.17) is 0 Å². The average molecular weight is 151 g/mol. The smallest absolute Gasteiger partial charge is 0.0519 e. The highest BCUT2D eigenvalue weighted by molar-refractivity contribution is 5.19. The minimum absolute atomic E-state index is 0.664. The van der Waals surface area contributed by atoms with Crippen LogP contribution in [0.1, 0.15) is 23.6 Å². The van der Waals surface area contributed by atoms with Gasteiger partial charge < -0.3 is 5.32 Å². The van der Waals surface area contributed by atoms with Crippen LogP contribution in [-0.4, -0.2) is 23.3 Å². The molecule has 60 valence electrons. The SMILES string of the molecule is Cc1cn[nH]c1[C@H]1CCNC1. The van der Waals surface area contributed by atoms with Gasteiger partial charge >= 0.3 is 0 Å².